The van der Waals surface area contributed by atoms with Gasteiger partial charge in [-0.1, -0.05) is 13.8 Å². The Morgan fingerprint density at radius 3 is 2.50 bits per heavy atom. The van der Waals surface area contributed by atoms with Crippen LogP contribution >= 0.6 is 0 Å². The fourth-order valence-corrected chi connectivity index (χ4v) is 0.850. The maximum Gasteiger partial charge on any atom is 0.210 e. The molecule has 0 amide bonds. The van der Waals surface area contributed by atoms with Gasteiger partial charge >= 0.3 is 0 Å². The molecule has 0 heterocycles. The number of sulfonamides is 1. The van der Waals surface area contributed by atoms with Gasteiger partial charge in [-0.05, 0) is 5.92 Å². The molecule has 0 aliphatic heterocycles. The molecule has 6 heteroatoms. The van der Waals surface area contributed by atoms with E-state index in [1.807, 2.05) is 13.8 Å². The largest absolute Gasteiger partial charge is 0.302 e. The number of hydroxylamine groups is 1. The minimum absolute atomic E-state index is 0.106. The van der Waals surface area contributed by atoms with Gasteiger partial charge in [0.1, 0.15) is 0 Å². The average molecular weight is 196 g/mol. The van der Waals surface area contributed by atoms with Crippen molar-refractivity contribution in [2.45, 2.75) is 13.8 Å². The van der Waals surface area contributed by atoms with Crippen LogP contribution in [0.15, 0.2) is 0 Å². The van der Waals surface area contributed by atoms with Crippen LogP contribution in [-0.2, 0) is 14.9 Å². The molecule has 5 nitrogen and oxygen atoms in total. The van der Waals surface area contributed by atoms with E-state index < -0.39 is 10.0 Å². The number of nitrogens with two attached hydrogens (primary N) is 1. The SMILES string of the molecule is CC(C)CONCCS(N)(=O)=O. The highest BCUT2D eigenvalue weighted by Crippen LogP contribution is 1.89. The van der Waals surface area contributed by atoms with E-state index in [0.717, 1.165) is 0 Å². The van der Waals surface area contributed by atoms with Crippen LogP contribution in [0.25, 0.3) is 0 Å². The van der Waals surface area contributed by atoms with E-state index in [1.54, 1.807) is 0 Å². The molecule has 0 saturated heterocycles. The van der Waals surface area contributed by atoms with E-state index in [-0.39, 0.29) is 12.3 Å². The van der Waals surface area contributed by atoms with E-state index in [2.05, 4.69) is 5.48 Å². The maximum atomic E-state index is 10.4. The highest BCUT2D eigenvalue weighted by molar-refractivity contribution is 7.89. The second-order valence-corrected chi connectivity index (χ2v) is 4.70. The predicted molar refractivity (Wildman–Crippen MR) is 46.8 cm³/mol. The van der Waals surface area contributed by atoms with E-state index >= 15 is 0 Å². The van der Waals surface area contributed by atoms with Crippen LogP contribution in [-0.4, -0.2) is 27.3 Å². The molecule has 0 fully saturated rings. The summed E-state index contributed by atoms with van der Waals surface area (Å²) in [5.74, 6) is 0.317. The molecule has 74 valence electrons. The van der Waals surface area contributed by atoms with Crippen molar-refractivity contribution in [3.63, 3.8) is 0 Å². The first-order valence-corrected chi connectivity index (χ1v) is 5.48. The third kappa shape index (κ3) is 9.83. The first-order chi connectivity index (χ1) is 5.42. The van der Waals surface area contributed by atoms with E-state index in [1.165, 1.54) is 0 Å². The Morgan fingerprint density at radius 2 is 2.08 bits per heavy atom. The Bertz CT molecular complexity index is 201. The molecule has 0 saturated carbocycles. The van der Waals surface area contributed by atoms with Gasteiger partial charge in [-0.2, -0.15) is 0 Å². The van der Waals surface area contributed by atoms with Crippen LogP contribution in [0.3, 0.4) is 0 Å². The number of hydrogen-bond donors (Lipinski definition) is 2. The molecule has 0 unspecified atom stereocenters. The minimum atomic E-state index is -3.37. The summed E-state index contributed by atoms with van der Waals surface area (Å²) in [6.45, 7) is 4.79. The minimum Gasteiger partial charge on any atom is -0.302 e. The molecule has 0 aliphatic carbocycles. The first kappa shape index (κ1) is 11.8. The normalized spacial score (nSPS) is 12.3. The molecule has 0 aliphatic rings. The van der Waals surface area contributed by atoms with Crippen molar-refractivity contribution in [2.75, 3.05) is 18.9 Å². The van der Waals surface area contributed by atoms with Crippen molar-refractivity contribution in [1.29, 1.82) is 0 Å². The molecular weight excluding hydrogens is 180 g/mol. The molecule has 0 radical (unpaired) electrons. The molecule has 0 rings (SSSR count). The lowest BCUT2D eigenvalue weighted by atomic mass is 10.2. The highest BCUT2D eigenvalue weighted by atomic mass is 32.2. The van der Waals surface area contributed by atoms with E-state index in [4.69, 9.17) is 9.98 Å². The molecule has 0 atom stereocenters. The van der Waals surface area contributed by atoms with Crippen molar-refractivity contribution in [3.05, 3.63) is 0 Å². The molecular formula is C6H16N2O3S. The van der Waals surface area contributed by atoms with E-state index in [9.17, 15) is 8.42 Å². The zero-order valence-electron chi connectivity index (χ0n) is 7.41. The predicted octanol–water partition coefficient (Wildman–Crippen LogP) is -0.548. The van der Waals surface area contributed by atoms with Crippen LogP contribution in [0.5, 0.6) is 0 Å². The number of primary sulfonamides is 1. The van der Waals surface area contributed by atoms with Gasteiger partial charge in [0.05, 0.1) is 12.4 Å². The fraction of sp³-hybridized carbons (Fsp3) is 1.00. The second-order valence-electron chi connectivity index (χ2n) is 2.97. The van der Waals surface area contributed by atoms with Crippen molar-refractivity contribution >= 4 is 10.0 Å². The summed E-state index contributed by atoms with van der Waals surface area (Å²) in [4.78, 5) is 4.92. The smallest absolute Gasteiger partial charge is 0.210 e. The Balaban J connectivity index is 3.23. The molecule has 0 spiro atoms. The summed E-state index contributed by atoms with van der Waals surface area (Å²) in [6.07, 6.45) is 0. The number of rotatable bonds is 6. The topological polar surface area (TPSA) is 81.4 Å². The Hall–Kier alpha value is -0.170. The van der Waals surface area contributed by atoms with Crippen molar-refractivity contribution in [2.24, 2.45) is 11.1 Å². The van der Waals surface area contributed by atoms with Crippen molar-refractivity contribution < 1.29 is 13.3 Å². The molecule has 0 aromatic rings. The van der Waals surface area contributed by atoms with Gasteiger partial charge in [0.2, 0.25) is 10.0 Å². The van der Waals surface area contributed by atoms with Gasteiger partial charge in [0.25, 0.3) is 0 Å². The molecule has 0 aromatic heterocycles. The lowest BCUT2D eigenvalue weighted by molar-refractivity contribution is 0.0274. The molecule has 0 aromatic carbocycles. The Morgan fingerprint density at radius 1 is 1.50 bits per heavy atom. The van der Waals surface area contributed by atoms with Gasteiger partial charge in [0, 0.05) is 6.54 Å². The van der Waals surface area contributed by atoms with E-state index in [0.29, 0.717) is 12.5 Å². The maximum absolute atomic E-state index is 10.4. The quantitative estimate of drug-likeness (QED) is 0.441. The Kier molecular flexibility index (Phi) is 5.39. The number of nitrogens with one attached hydrogen (secondary N) is 1. The summed E-state index contributed by atoms with van der Waals surface area (Å²) in [5.41, 5.74) is 2.51. The van der Waals surface area contributed by atoms with Crippen LogP contribution in [0.1, 0.15) is 13.8 Å². The van der Waals surface area contributed by atoms with Crippen LogP contribution in [0, 0.1) is 5.92 Å². The standard InChI is InChI=1S/C6H16N2O3S/c1-6(2)5-11-8-3-4-12(7,9)10/h6,8H,3-5H2,1-2H3,(H2,7,9,10). The zero-order valence-corrected chi connectivity index (χ0v) is 8.23. The first-order valence-electron chi connectivity index (χ1n) is 3.77. The van der Waals surface area contributed by atoms with Gasteiger partial charge in [-0.25, -0.2) is 19.0 Å². The third-order valence-electron chi connectivity index (χ3n) is 1.01. The fourth-order valence-electron chi connectivity index (χ4n) is 0.482. The summed E-state index contributed by atoms with van der Waals surface area (Å²) in [5, 5.41) is 4.75. The molecule has 3 N–H and O–H groups in total. The summed E-state index contributed by atoms with van der Waals surface area (Å²) < 4.78 is 20.8. The van der Waals surface area contributed by atoms with Crippen LogP contribution in [0.2, 0.25) is 0 Å². The second kappa shape index (κ2) is 5.47. The third-order valence-corrected chi connectivity index (χ3v) is 1.78. The summed E-state index contributed by atoms with van der Waals surface area (Å²) >= 11 is 0. The molecule has 12 heavy (non-hydrogen) atoms. The number of hydrogen-bond acceptors (Lipinski definition) is 4. The Labute approximate surface area is 73.3 Å². The monoisotopic (exact) mass is 196 g/mol. The van der Waals surface area contributed by atoms with Crippen molar-refractivity contribution in [1.82, 2.24) is 5.48 Å². The van der Waals surface area contributed by atoms with Crippen LogP contribution in [0.4, 0.5) is 0 Å². The van der Waals surface area contributed by atoms with Gasteiger partial charge in [-0.3, -0.25) is 0 Å². The average Bonchev–Trinajstić information content (AvgIpc) is 1.83. The lowest BCUT2D eigenvalue weighted by Crippen LogP contribution is -2.28. The molecule has 0 bridgehead atoms. The lowest BCUT2D eigenvalue weighted by Gasteiger charge is -2.06. The summed E-state index contributed by atoms with van der Waals surface area (Å²) in [7, 11) is -3.37. The van der Waals surface area contributed by atoms with Gasteiger partial charge in [-0.15, -0.1) is 0 Å². The van der Waals surface area contributed by atoms with Crippen LogP contribution < -0.4 is 10.6 Å². The van der Waals surface area contributed by atoms with Gasteiger partial charge < -0.3 is 4.84 Å². The summed E-state index contributed by atoms with van der Waals surface area (Å²) in [6, 6.07) is 0. The van der Waals surface area contributed by atoms with Crippen molar-refractivity contribution in [3.8, 4) is 0 Å². The van der Waals surface area contributed by atoms with Gasteiger partial charge in [0.15, 0.2) is 0 Å². The highest BCUT2D eigenvalue weighted by Gasteiger charge is 2.01. The zero-order chi connectivity index (χ0) is 9.61.